The molecule has 1 saturated carbocycles. The maximum atomic E-state index is 10.4. The summed E-state index contributed by atoms with van der Waals surface area (Å²) in [6.07, 6.45) is 8.88. The van der Waals surface area contributed by atoms with Crippen molar-refractivity contribution >= 4 is 0 Å². The molecule has 0 amide bonds. The van der Waals surface area contributed by atoms with E-state index in [2.05, 4.69) is 32.9 Å². The van der Waals surface area contributed by atoms with Crippen LogP contribution in [-0.4, -0.2) is 29.1 Å². The highest BCUT2D eigenvalue weighted by molar-refractivity contribution is 5.03. The number of hydrogen-bond donors (Lipinski definition) is 2. The third-order valence-corrected chi connectivity index (χ3v) is 6.05. The molecular weight excluding hydrogens is 304 g/mol. The van der Waals surface area contributed by atoms with E-state index in [4.69, 9.17) is 9.47 Å². The molecular formula is C20H32O4. The summed E-state index contributed by atoms with van der Waals surface area (Å²) in [6, 6.07) is 0. The summed E-state index contributed by atoms with van der Waals surface area (Å²) in [5, 5.41) is 20.4. The van der Waals surface area contributed by atoms with E-state index in [1.54, 1.807) is 0 Å². The van der Waals surface area contributed by atoms with Crippen LogP contribution < -0.4 is 0 Å². The van der Waals surface area contributed by atoms with Gasteiger partial charge in [0.1, 0.15) is 0 Å². The Morgan fingerprint density at radius 2 is 1.67 bits per heavy atom. The molecule has 0 aromatic heterocycles. The molecule has 0 aromatic carbocycles. The van der Waals surface area contributed by atoms with Crippen LogP contribution in [0.2, 0.25) is 0 Å². The Balaban J connectivity index is 1.53. The summed E-state index contributed by atoms with van der Waals surface area (Å²) >= 11 is 0. The number of rotatable bonds is 6. The van der Waals surface area contributed by atoms with Gasteiger partial charge in [0.2, 0.25) is 0 Å². The highest BCUT2D eigenvalue weighted by Gasteiger charge is 2.58. The fourth-order valence-corrected chi connectivity index (χ4v) is 4.79. The van der Waals surface area contributed by atoms with E-state index in [1.807, 2.05) is 0 Å². The maximum Gasteiger partial charge on any atom is 0.167 e. The number of aliphatic hydroxyl groups excluding tert-OH is 2. The molecule has 1 aliphatic carbocycles. The second-order valence-corrected chi connectivity index (χ2v) is 8.02. The van der Waals surface area contributed by atoms with Crippen molar-refractivity contribution in [1.29, 1.82) is 0 Å². The predicted octanol–water partition coefficient (Wildman–Crippen LogP) is 3.74. The lowest BCUT2D eigenvalue weighted by molar-refractivity contribution is -0.301. The molecule has 3 aliphatic rings. The van der Waals surface area contributed by atoms with E-state index in [0.29, 0.717) is 5.92 Å². The molecule has 136 valence electrons. The minimum Gasteiger partial charge on any atom is -0.368 e. The Hall–Kier alpha value is -0.680. The van der Waals surface area contributed by atoms with Gasteiger partial charge in [-0.25, -0.2) is 0 Å². The fraction of sp³-hybridized carbons (Fsp3) is 0.800. The molecule has 2 heterocycles. The van der Waals surface area contributed by atoms with Gasteiger partial charge in [-0.3, -0.25) is 0 Å². The zero-order valence-electron chi connectivity index (χ0n) is 15.1. The molecule has 0 spiro atoms. The third kappa shape index (κ3) is 3.77. The van der Waals surface area contributed by atoms with Crippen LogP contribution in [0.15, 0.2) is 23.3 Å². The van der Waals surface area contributed by atoms with Gasteiger partial charge >= 0.3 is 0 Å². The minimum absolute atomic E-state index is 0.159. The molecule has 0 aromatic rings. The van der Waals surface area contributed by atoms with Crippen molar-refractivity contribution in [2.24, 2.45) is 23.7 Å². The van der Waals surface area contributed by atoms with E-state index < -0.39 is 18.9 Å². The van der Waals surface area contributed by atoms with Crippen molar-refractivity contribution < 1.29 is 19.7 Å². The highest BCUT2D eigenvalue weighted by atomic mass is 16.8. The van der Waals surface area contributed by atoms with Gasteiger partial charge in [0.15, 0.2) is 18.9 Å². The lowest BCUT2D eigenvalue weighted by Gasteiger charge is -2.40. The summed E-state index contributed by atoms with van der Waals surface area (Å²) in [5.74, 6) is 1.03. The van der Waals surface area contributed by atoms with Crippen molar-refractivity contribution in [2.75, 3.05) is 0 Å². The van der Waals surface area contributed by atoms with Crippen LogP contribution in [0.5, 0.6) is 0 Å². The molecule has 3 rings (SSSR count). The summed E-state index contributed by atoms with van der Waals surface area (Å²) in [7, 11) is 0. The van der Waals surface area contributed by atoms with Gasteiger partial charge in [-0.2, -0.15) is 0 Å². The number of hydrogen-bond acceptors (Lipinski definition) is 4. The van der Waals surface area contributed by atoms with E-state index in [1.165, 1.54) is 11.1 Å². The lowest BCUT2D eigenvalue weighted by Crippen LogP contribution is -2.45. The van der Waals surface area contributed by atoms with Crippen molar-refractivity contribution in [3.05, 3.63) is 23.3 Å². The van der Waals surface area contributed by atoms with Gasteiger partial charge in [-0.05, 0) is 65.2 Å². The first kappa shape index (κ1) is 18.1. The van der Waals surface area contributed by atoms with Gasteiger partial charge in [0.25, 0.3) is 0 Å². The Bertz CT molecular complexity index is 494. The van der Waals surface area contributed by atoms with Crippen LogP contribution in [0.4, 0.5) is 0 Å². The molecule has 4 nitrogen and oxygen atoms in total. The van der Waals surface area contributed by atoms with Crippen molar-refractivity contribution in [1.82, 2.24) is 0 Å². The summed E-state index contributed by atoms with van der Waals surface area (Å²) in [6.45, 7) is 6.46. The summed E-state index contributed by atoms with van der Waals surface area (Å²) in [4.78, 5) is 0. The minimum atomic E-state index is -0.764. The molecule has 0 radical (unpaired) electrons. The molecule has 4 heteroatoms. The van der Waals surface area contributed by atoms with Crippen LogP contribution >= 0.6 is 0 Å². The first-order valence-electron chi connectivity index (χ1n) is 9.43. The van der Waals surface area contributed by atoms with Gasteiger partial charge in [0, 0.05) is 17.8 Å². The lowest BCUT2D eigenvalue weighted by atomic mass is 9.77. The fourth-order valence-electron chi connectivity index (χ4n) is 4.79. The SMILES string of the molecule is CC(C)=CCC/C(C)=C/CC[C@@H]1C(O)O[C@H]2OC(O)[C@H]3CC[C@@H]1[C@@H]23. The zero-order valence-corrected chi connectivity index (χ0v) is 15.1. The van der Waals surface area contributed by atoms with Crippen molar-refractivity contribution in [2.45, 2.75) is 78.2 Å². The van der Waals surface area contributed by atoms with Gasteiger partial charge in [0.05, 0.1) is 0 Å². The van der Waals surface area contributed by atoms with E-state index >= 15 is 0 Å². The smallest absolute Gasteiger partial charge is 0.167 e. The zero-order chi connectivity index (χ0) is 17.3. The second-order valence-electron chi connectivity index (χ2n) is 8.02. The average molecular weight is 336 g/mol. The molecule has 7 atom stereocenters. The molecule has 0 bridgehead atoms. The van der Waals surface area contributed by atoms with Crippen molar-refractivity contribution in [3.63, 3.8) is 0 Å². The molecule has 2 N–H and O–H groups in total. The normalized spacial score (nSPS) is 41.4. The third-order valence-electron chi connectivity index (χ3n) is 6.05. The van der Waals surface area contributed by atoms with Crippen molar-refractivity contribution in [3.8, 4) is 0 Å². The van der Waals surface area contributed by atoms with Crippen LogP contribution in [-0.2, 0) is 9.47 Å². The molecule has 2 saturated heterocycles. The Morgan fingerprint density at radius 1 is 0.958 bits per heavy atom. The molecule has 24 heavy (non-hydrogen) atoms. The standard InChI is InChI=1S/C20H32O4/c1-12(2)6-4-7-13(3)8-5-9-15-14-10-11-16-17(14)20(23-18(15)21)24-19(16)22/h6,8,14-22H,4-5,7,9-11H2,1-3H3/b13-8+/t14-,15-,16-,17+,18?,19?,20-/m0/s1. The second kappa shape index (κ2) is 7.69. The molecule has 2 unspecified atom stereocenters. The quantitative estimate of drug-likeness (QED) is 0.726. The molecule has 2 aliphatic heterocycles. The average Bonchev–Trinajstić information content (AvgIpc) is 3.06. The Labute approximate surface area is 145 Å². The van der Waals surface area contributed by atoms with Crippen LogP contribution in [0, 0.1) is 23.7 Å². The number of ether oxygens (including phenoxy) is 2. The van der Waals surface area contributed by atoms with E-state index in [0.717, 1.165) is 38.5 Å². The van der Waals surface area contributed by atoms with E-state index in [9.17, 15) is 10.2 Å². The van der Waals surface area contributed by atoms with Gasteiger partial charge < -0.3 is 19.7 Å². The first-order valence-corrected chi connectivity index (χ1v) is 9.43. The maximum absolute atomic E-state index is 10.4. The first-order chi connectivity index (χ1) is 11.5. The van der Waals surface area contributed by atoms with Crippen LogP contribution in [0.25, 0.3) is 0 Å². The van der Waals surface area contributed by atoms with Crippen LogP contribution in [0.1, 0.15) is 59.3 Å². The predicted molar refractivity (Wildman–Crippen MR) is 92.8 cm³/mol. The van der Waals surface area contributed by atoms with Gasteiger partial charge in [-0.1, -0.05) is 23.3 Å². The van der Waals surface area contributed by atoms with E-state index in [-0.39, 0.29) is 17.8 Å². The summed E-state index contributed by atoms with van der Waals surface area (Å²) in [5.41, 5.74) is 2.79. The van der Waals surface area contributed by atoms with Gasteiger partial charge in [-0.15, -0.1) is 0 Å². The number of aliphatic hydroxyl groups is 2. The number of allylic oxidation sites excluding steroid dienone is 4. The Morgan fingerprint density at radius 3 is 2.42 bits per heavy atom. The largest absolute Gasteiger partial charge is 0.368 e. The monoisotopic (exact) mass is 336 g/mol. The highest BCUT2D eigenvalue weighted by Crippen LogP contribution is 2.54. The molecule has 3 fully saturated rings. The topological polar surface area (TPSA) is 58.9 Å². The van der Waals surface area contributed by atoms with Crippen LogP contribution in [0.3, 0.4) is 0 Å². The summed E-state index contributed by atoms with van der Waals surface area (Å²) < 4.78 is 11.1. The Kier molecular flexibility index (Phi) is 5.81.